The summed E-state index contributed by atoms with van der Waals surface area (Å²) in [6.45, 7) is 1.14. The van der Waals surface area contributed by atoms with E-state index in [9.17, 15) is 19.2 Å². The summed E-state index contributed by atoms with van der Waals surface area (Å²) in [7, 11) is 2.57. The zero-order valence-corrected chi connectivity index (χ0v) is 33.8. The van der Waals surface area contributed by atoms with Gasteiger partial charge in [-0.25, -0.2) is 19.6 Å². The number of amides is 4. The van der Waals surface area contributed by atoms with Gasteiger partial charge >= 0.3 is 12.2 Å². The number of nitrogens with one attached hydrogen (secondary N) is 4. The Balaban J connectivity index is 0.900. The molecule has 5 aromatic rings. The third-order valence-electron chi connectivity index (χ3n) is 12.0. The number of alkyl carbamates (subject to hydrolysis) is 2. The van der Waals surface area contributed by atoms with Crippen molar-refractivity contribution in [3.8, 4) is 11.3 Å². The first-order valence-electron chi connectivity index (χ1n) is 20.6. The maximum absolute atomic E-state index is 13.9. The van der Waals surface area contributed by atoms with E-state index in [0.717, 1.165) is 73.5 Å². The number of carbonyl (C=O) groups excluding carboxylic acids is 4. The molecule has 14 nitrogen and oxygen atoms in total. The maximum atomic E-state index is 13.9. The van der Waals surface area contributed by atoms with Gasteiger partial charge in [0.1, 0.15) is 23.7 Å². The van der Waals surface area contributed by atoms with Gasteiger partial charge in [-0.15, -0.1) is 0 Å². The summed E-state index contributed by atoms with van der Waals surface area (Å²) in [6, 6.07) is 24.8. The topological polar surface area (TPSA) is 175 Å². The Morgan fingerprint density at radius 3 is 1.65 bits per heavy atom. The molecule has 4 N–H and O–H groups in total. The van der Waals surface area contributed by atoms with E-state index in [0.29, 0.717) is 30.1 Å². The highest BCUT2D eigenvalue weighted by molar-refractivity contribution is 5.88. The first-order valence-corrected chi connectivity index (χ1v) is 20.6. The summed E-state index contributed by atoms with van der Waals surface area (Å²) < 4.78 is 9.67. The quantitative estimate of drug-likeness (QED) is 0.105. The van der Waals surface area contributed by atoms with Crippen LogP contribution in [0.25, 0.3) is 16.8 Å². The van der Waals surface area contributed by atoms with Crippen LogP contribution in [0.3, 0.4) is 0 Å². The van der Waals surface area contributed by atoms with Crippen LogP contribution >= 0.6 is 0 Å². The molecule has 2 fully saturated rings. The fourth-order valence-electron chi connectivity index (χ4n) is 8.82. The number of methoxy groups -OCH3 is 2. The van der Waals surface area contributed by atoms with Crippen molar-refractivity contribution in [2.45, 2.75) is 75.0 Å². The number of likely N-dealkylation sites (tertiary alicyclic amines) is 2. The van der Waals surface area contributed by atoms with Gasteiger partial charge < -0.3 is 39.9 Å². The Bertz CT molecular complexity index is 2320. The minimum atomic E-state index is -0.873. The first kappa shape index (κ1) is 40.1. The van der Waals surface area contributed by atoms with E-state index in [1.165, 1.54) is 25.4 Å². The van der Waals surface area contributed by atoms with Gasteiger partial charge in [-0.1, -0.05) is 91.0 Å². The number of H-pyrrole nitrogens is 2. The minimum Gasteiger partial charge on any atom is -0.453 e. The van der Waals surface area contributed by atoms with Gasteiger partial charge in [0, 0.05) is 13.1 Å². The fourth-order valence-corrected chi connectivity index (χ4v) is 8.82. The van der Waals surface area contributed by atoms with Gasteiger partial charge in [-0.3, -0.25) is 9.59 Å². The molecule has 1 aliphatic carbocycles. The van der Waals surface area contributed by atoms with Crippen molar-refractivity contribution >= 4 is 29.6 Å². The van der Waals surface area contributed by atoms with Crippen LogP contribution in [0.2, 0.25) is 0 Å². The molecule has 0 spiro atoms. The van der Waals surface area contributed by atoms with E-state index in [4.69, 9.17) is 19.4 Å². The van der Waals surface area contributed by atoms with Crippen molar-refractivity contribution in [1.29, 1.82) is 0 Å². The van der Waals surface area contributed by atoms with Gasteiger partial charge in [0.15, 0.2) is 0 Å². The molecule has 8 rings (SSSR count). The third kappa shape index (κ3) is 8.54. The molecule has 4 amide bonds. The molecule has 14 heteroatoms. The van der Waals surface area contributed by atoms with Gasteiger partial charge in [-0.05, 0) is 78.7 Å². The minimum absolute atomic E-state index is 0.193. The van der Waals surface area contributed by atoms with Crippen LogP contribution in [0.5, 0.6) is 0 Å². The Kier molecular flexibility index (Phi) is 12.1. The molecule has 2 aromatic heterocycles. The van der Waals surface area contributed by atoms with Crippen molar-refractivity contribution in [2.75, 3.05) is 27.3 Å². The number of aromatic amines is 2. The predicted molar refractivity (Wildman–Crippen MR) is 224 cm³/mol. The summed E-state index contributed by atoms with van der Waals surface area (Å²) >= 11 is 0. The zero-order chi connectivity index (χ0) is 41.6. The lowest BCUT2D eigenvalue weighted by atomic mass is 9.83. The monoisotopic (exact) mass is 810 g/mol. The van der Waals surface area contributed by atoms with E-state index in [1.807, 2.05) is 78.0 Å². The van der Waals surface area contributed by atoms with Crippen molar-refractivity contribution in [2.24, 2.45) is 0 Å². The molecule has 0 radical (unpaired) electrons. The number of ether oxygens (including phenoxy) is 2. The lowest BCUT2D eigenvalue weighted by molar-refractivity contribution is -0.135. The van der Waals surface area contributed by atoms with E-state index in [-0.39, 0.29) is 23.9 Å². The van der Waals surface area contributed by atoms with Crippen molar-refractivity contribution in [1.82, 2.24) is 40.4 Å². The molecular formula is C46H50N8O6. The molecular weight excluding hydrogens is 761 g/mol. The second-order valence-corrected chi connectivity index (χ2v) is 15.5. The van der Waals surface area contributed by atoms with Gasteiger partial charge in [-0.2, -0.15) is 0 Å². The molecule has 4 heterocycles. The van der Waals surface area contributed by atoms with Crippen LogP contribution in [0.15, 0.2) is 103 Å². The molecule has 3 aromatic carbocycles. The largest absolute Gasteiger partial charge is 0.453 e. The maximum Gasteiger partial charge on any atom is 0.407 e. The first-order chi connectivity index (χ1) is 29.3. The third-order valence-corrected chi connectivity index (χ3v) is 12.0. The molecule has 0 saturated carbocycles. The number of aromatic nitrogens is 4. The standard InChI is InChI=1S/C46H50N8O6/c1-59-45(57)51-39(33-11-5-3-6-12-33)43(55)53-25-9-15-37(53)41-47-27-35(49-41)31-21-17-29(18-22-31)30-19-23-32(24-20-30)36-28-48-42(50-36)38-16-10-26-54(38)44(56)40(52-46(58)60-2)34-13-7-4-8-14-34/h3-8,11-14,17-18,21-23,27-28,30,37-40H,9-10,15-16,19-20,24-26H2,1-2H3,(H,47,49)(H,48,50)(H,51,57)(H,52,58)/t30?,37-,38-,39?,40?/m0/s1. The van der Waals surface area contributed by atoms with Crippen LogP contribution in [0.4, 0.5) is 9.59 Å². The van der Waals surface area contributed by atoms with Crippen LogP contribution in [0, 0.1) is 0 Å². The highest BCUT2D eigenvalue weighted by Crippen LogP contribution is 2.39. The molecule has 2 aliphatic heterocycles. The number of hydrogen-bond acceptors (Lipinski definition) is 8. The zero-order valence-electron chi connectivity index (χ0n) is 33.8. The average Bonchev–Trinajstić information content (AvgIpc) is 4.15. The van der Waals surface area contributed by atoms with E-state index in [1.54, 1.807) is 4.90 Å². The SMILES string of the molecule is COC(=O)NC(C(=O)N1CCC[C@H]1c1ncc(C2=CCC(c3ccc(-c4cnc([C@@H]5CCCN5C(=O)C(NC(=O)OC)c5ccccc5)[nH]4)cc3)CC2)[nH]1)c1ccccc1. The van der Waals surface area contributed by atoms with Gasteiger partial charge in [0.25, 0.3) is 11.8 Å². The lowest BCUT2D eigenvalue weighted by Crippen LogP contribution is -2.42. The fraction of sp³-hybridized carbons (Fsp3) is 0.348. The summed E-state index contributed by atoms with van der Waals surface area (Å²) in [5.41, 5.74) is 6.72. The highest BCUT2D eigenvalue weighted by Gasteiger charge is 2.38. The highest BCUT2D eigenvalue weighted by atomic mass is 16.5. The molecule has 60 heavy (non-hydrogen) atoms. The average molecular weight is 811 g/mol. The Hall–Kier alpha value is -6.70. The van der Waals surface area contributed by atoms with Crippen LogP contribution in [-0.2, 0) is 19.1 Å². The van der Waals surface area contributed by atoms with E-state index < -0.39 is 24.3 Å². The molecule has 310 valence electrons. The van der Waals surface area contributed by atoms with Crippen molar-refractivity contribution in [3.05, 3.63) is 137 Å². The second-order valence-electron chi connectivity index (χ2n) is 15.5. The lowest BCUT2D eigenvalue weighted by Gasteiger charge is -2.28. The second kappa shape index (κ2) is 18.1. The Morgan fingerprint density at radius 2 is 1.17 bits per heavy atom. The summed E-state index contributed by atoms with van der Waals surface area (Å²) in [5, 5.41) is 5.45. The van der Waals surface area contributed by atoms with E-state index >= 15 is 0 Å². The number of carbonyl (C=O) groups is 4. The number of hydrogen-bond donors (Lipinski definition) is 4. The normalized spacial score (nSPS) is 19.9. The molecule has 3 aliphatic rings. The predicted octanol–water partition coefficient (Wildman–Crippen LogP) is 7.67. The molecule has 3 unspecified atom stereocenters. The molecule has 0 bridgehead atoms. The number of allylic oxidation sites excluding steroid dienone is 2. The Morgan fingerprint density at radius 1 is 0.667 bits per heavy atom. The molecule has 5 atom stereocenters. The van der Waals surface area contributed by atoms with Crippen molar-refractivity contribution < 1.29 is 28.7 Å². The smallest absolute Gasteiger partial charge is 0.407 e. The van der Waals surface area contributed by atoms with E-state index in [2.05, 4.69) is 50.9 Å². The summed E-state index contributed by atoms with van der Waals surface area (Å²) in [4.78, 5) is 72.4. The van der Waals surface area contributed by atoms with Crippen molar-refractivity contribution in [3.63, 3.8) is 0 Å². The number of rotatable bonds is 11. The van der Waals surface area contributed by atoms with Crippen LogP contribution in [0.1, 0.15) is 109 Å². The number of imidazole rings is 2. The van der Waals surface area contributed by atoms with Gasteiger partial charge in [0.05, 0.1) is 50.1 Å². The molecule has 2 saturated heterocycles. The summed E-state index contributed by atoms with van der Waals surface area (Å²) in [5.74, 6) is 1.44. The van der Waals surface area contributed by atoms with Crippen LogP contribution < -0.4 is 10.6 Å². The van der Waals surface area contributed by atoms with Crippen LogP contribution in [-0.4, -0.2) is 81.0 Å². The number of nitrogens with zero attached hydrogens (tertiary/aromatic N) is 4. The Labute approximate surface area is 348 Å². The summed E-state index contributed by atoms with van der Waals surface area (Å²) in [6.07, 6.45) is 10.6. The number of benzene rings is 3. The van der Waals surface area contributed by atoms with Gasteiger partial charge in [0.2, 0.25) is 0 Å².